The molecule has 86 valence electrons. The second-order valence-corrected chi connectivity index (χ2v) is 5.26. The fourth-order valence-electron chi connectivity index (χ4n) is 2.01. The van der Waals surface area contributed by atoms with E-state index in [9.17, 15) is 4.79 Å². The topological polar surface area (TPSA) is 17.1 Å². The van der Waals surface area contributed by atoms with E-state index in [1.165, 1.54) is 24.0 Å². The summed E-state index contributed by atoms with van der Waals surface area (Å²) in [5.74, 6) is 1.66. The number of hydrogen-bond donors (Lipinski definition) is 0. The molecule has 1 fully saturated rings. The van der Waals surface area contributed by atoms with Gasteiger partial charge in [0.05, 0.1) is 0 Å². The largest absolute Gasteiger partial charge is 0.299 e. The van der Waals surface area contributed by atoms with Gasteiger partial charge in [0.2, 0.25) is 0 Å². The summed E-state index contributed by atoms with van der Waals surface area (Å²) in [6.45, 7) is 4.37. The Bertz CT molecular complexity index is 375. The van der Waals surface area contributed by atoms with Gasteiger partial charge in [-0.25, -0.2) is 0 Å². The Kier molecular flexibility index (Phi) is 3.42. The van der Waals surface area contributed by atoms with Crippen LogP contribution in [0.5, 0.6) is 0 Å². The Hall–Kier alpha value is -1.11. The number of rotatable bonds is 5. The van der Waals surface area contributed by atoms with E-state index in [0.29, 0.717) is 24.0 Å². The van der Waals surface area contributed by atoms with E-state index < -0.39 is 0 Å². The molecule has 0 aromatic heterocycles. The molecule has 16 heavy (non-hydrogen) atoms. The number of carbonyl (C=O) groups is 1. The van der Waals surface area contributed by atoms with Crippen LogP contribution >= 0.6 is 0 Å². The molecule has 1 aromatic carbocycles. The number of benzene rings is 1. The predicted molar refractivity (Wildman–Crippen MR) is 66.6 cm³/mol. The van der Waals surface area contributed by atoms with Crippen molar-refractivity contribution < 1.29 is 4.79 Å². The van der Waals surface area contributed by atoms with Crippen LogP contribution in [0, 0.1) is 5.92 Å². The molecule has 0 amide bonds. The number of ketones is 1. The van der Waals surface area contributed by atoms with Gasteiger partial charge >= 0.3 is 0 Å². The molecule has 1 aliphatic carbocycles. The van der Waals surface area contributed by atoms with Crippen molar-refractivity contribution in [1.29, 1.82) is 0 Å². The molecule has 0 bridgehead atoms. The summed E-state index contributed by atoms with van der Waals surface area (Å²) in [6, 6.07) is 8.45. The van der Waals surface area contributed by atoms with Crippen LogP contribution < -0.4 is 0 Å². The van der Waals surface area contributed by atoms with Gasteiger partial charge in [0.1, 0.15) is 5.78 Å². The molecule has 1 aliphatic rings. The van der Waals surface area contributed by atoms with Gasteiger partial charge in [-0.05, 0) is 35.8 Å². The number of carbonyl (C=O) groups excluding carboxylic acids is 1. The maximum atomic E-state index is 11.7. The first-order valence-corrected chi connectivity index (χ1v) is 6.25. The molecular formula is C15H20O. The standard InChI is InChI=1S/C15H20O/c1-11(2)14-5-3-4-13(8-14)10-15(16)9-12-6-7-12/h3-5,8,11-12H,6-7,9-10H2,1-2H3. The summed E-state index contributed by atoms with van der Waals surface area (Å²) in [7, 11) is 0. The molecule has 0 unspecified atom stereocenters. The summed E-state index contributed by atoms with van der Waals surface area (Å²) >= 11 is 0. The van der Waals surface area contributed by atoms with Gasteiger partial charge in [-0.15, -0.1) is 0 Å². The summed E-state index contributed by atoms with van der Waals surface area (Å²) < 4.78 is 0. The third kappa shape index (κ3) is 3.19. The van der Waals surface area contributed by atoms with Gasteiger partial charge in [-0.3, -0.25) is 4.79 Å². The summed E-state index contributed by atoms with van der Waals surface area (Å²) in [5.41, 5.74) is 2.51. The van der Waals surface area contributed by atoms with Gasteiger partial charge in [0, 0.05) is 12.8 Å². The Balaban J connectivity index is 1.97. The van der Waals surface area contributed by atoms with E-state index in [0.717, 1.165) is 6.42 Å². The van der Waals surface area contributed by atoms with E-state index in [1.54, 1.807) is 0 Å². The van der Waals surface area contributed by atoms with Crippen molar-refractivity contribution >= 4 is 5.78 Å². The van der Waals surface area contributed by atoms with Crippen molar-refractivity contribution in [1.82, 2.24) is 0 Å². The van der Waals surface area contributed by atoms with E-state index >= 15 is 0 Å². The third-order valence-electron chi connectivity index (χ3n) is 3.23. The van der Waals surface area contributed by atoms with Crippen LogP contribution in [0.25, 0.3) is 0 Å². The second-order valence-electron chi connectivity index (χ2n) is 5.26. The molecule has 0 spiro atoms. The van der Waals surface area contributed by atoms with Crippen LogP contribution in [-0.4, -0.2) is 5.78 Å². The van der Waals surface area contributed by atoms with E-state index in [1.807, 2.05) is 0 Å². The van der Waals surface area contributed by atoms with Gasteiger partial charge < -0.3 is 0 Å². The predicted octanol–water partition coefficient (Wildman–Crippen LogP) is 3.72. The minimum absolute atomic E-state index is 0.406. The maximum Gasteiger partial charge on any atom is 0.137 e. The van der Waals surface area contributed by atoms with Gasteiger partial charge in [0.25, 0.3) is 0 Å². The summed E-state index contributed by atoms with van der Waals surface area (Å²) in [6.07, 6.45) is 3.94. The lowest BCUT2D eigenvalue weighted by atomic mass is 9.98. The molecule has 1 heteroatoms. The van der Waals surface area contributed by atoms with E-state index in [2.05, 4.69) is 38.1 Å². The zero-order valence-corrected chi connectivity index (χ0v) is 10.2. The van der Waals surface area contributed by atoms with E-state index in [4.69, 9.17) is 0 Å². The molecule has 1 nitrogen and oxygen atoms in total. The van der Waals surface area contributed by atoms with Crippen LogP contribution in [0.1, 0.15) is 50.2 Å². The molecule has 0 N–H and O–H groups in total. The molecule has 0 saturated heterocycles. The number of hydrogen-bond acceptors (Lipinski definition) is 1. The molecule has 2 rings (SSSR count). The molecule has 1 saturated carbocycles. The average molecular weight is 216 g/mol. The van der Waals surface area contributed by atoms with Crippen LogP contribution in [-0.2, 0) is 11.2 Å². The van der Waals surface area contributed by atoms with Gasteiger partial charge in [-0.2, -0.15) is 0 Å². The maximum absolute atomic E-state index is 11.7. The van der Waals surface area contributed by atoms with Crippen molar-refractivity contribution in [3.8, 4) is 0 Å². The quantitative estimate of drug-likeness (QED) is 0.733. The Morgan fingerprint density at radius 1 is 1.38 bits per heavy atom. The minimum Gasteiger partial charge on any atom is -0.299 e. The van der Waals surface area contributed by atoms with Crippen molar-refractivity contribution in [3.63, 3.8) is 0 Å². The third-order valence-corrected chi connectivity index (χ3v) is 3.23. The van der Waals surface area contributed by atoms with Crippen LogP contribution in [0.2, 0.25) is 0 Å². The lowest BCUT2D eigenvalue weighted by Crippen LogP contribution is -2.04. The lowest BCUT2D eigenvalue weighted by molar-refractivity contribution is -0.118. The Labute approximate surface area is 97.9 Å². The highest BCUT2D eigenvalue weighted by atomic mass is 16.1. The molecular weight excluding hydrogens is 196 g/mol. The Morgan fingerprint density at radius 3 is 2.75 bits per heavy atom. The van der Waals surface area contributed by atoms with E-state index in [-0.39, 0.29) is 0 Å². The fraction of sp³-hybridized carbons (Fsp3) is 0.533. The van der Waals surface area contributed by atoms with Crippen molar-refractivity contribution in [2.75, 3.05) is 0 Å². The van der Waals surface area contributed by atoms with Crippen LogP contribution in [0.3, 0.4) is 0 Å². The van der Waals surface area contributed by atoms with Crippen molar-refractivity contribution in [2.45, 2.75) is 45.4 Å². The van der Waals surface area contributed by atoms with Crippen molar-refractivity contribution in [3.05, 3.63) is 35.4 Å². The van der Waals surface area contributed by atoms with Gasteiger partial charge in [-0.1, -0.05) is 38.1 Å². The summed E-state index contributed by atoms with van der Waals surface area (Å²) in [4.78, 5) is 11.7. The first kappa shape index (κ1) is 11.4. The SMILES string of the molecule is CC(C)c1cccc(CC(=O)CC2CC2)c1. The zero-order valence-electron chi connectivity index (χ0n) is 10.2. The molecule has 0 heterocycles. The highest BCUT2D eigenvalue weighted by Gasteiger charge is 2.24. The smallest absolute Gasteiger partial charge is 0.137 e. The molecule has 1 aromatic rings. The minimum atomic E-state index is 0.406. The number of Topliss-reactive ketones (excluding diaryl/α,β-unsaturated/α-hetero) is 1. The normalized spacial score (nSPS) is 15.4. The Morgan fingerprint density at radius 2 is 2.12 bits per heavy atom. The highest BCUT2D eigenvalue weighted by Crippen LogP contribution is 2.32. The first-order chi connectivity index (χ1) is 7.65. The van der Waals surface area contributed by atoms with Crippen LogP contribution in [0.15, 0.2) is 24.3 Å². The zero-order chi connectivity index (χ0) is 11.5. The molecule has 0 aliphatic heterocycles. The summed E-state index contributed by atoms with van der Waals surface area (Å²) in [5, 5.41) is 0. The van der Waals surface area contributed by atoms with Gasteiger partial charge in [0.15, 0.2) is 0 Å². The monoisotopic (exact) mass is 216 g/mol. The van der Waals surface area contributed by atoms with Crippen LogP contribution in [0.4, 0.5) is 0 Å². The molecule has 0 radical (unpaired) electrons. The lowest BCUT2D eigenvalue weighted by Gasteiger charge is -2.07. The fourth-order valence-corrected chi connectivity index (χ4v) is 2.01. The van der Waals surface area contributed by atoms with Crippen molar-refractivity contribution in [2.24, 2.45) is 5.92 Å². The molecule has 0 atom stereocenters. The first-order valence-electron chi connectivity index (χ1n) is 6.25. The average Bonchev–Trinajstić information content (AvgIpc) is 3.01. The highest BCUT2D eigenvalue weighted by molar-refractivity contribution is 5.81. The second kappa shape index (κ2) is 4.82.